The zero-order valence-corrected chi connectivity index (χ0v) is 17.0. The molecule has 1 amide bonds. The van der Waals surface area contributed by atoms with E-state index < -0.39 is 0 Å². The molecule has 0 N–H and O–H groups in total. The lowest BCUT2D eigenvalue weighted by Crippen LogP contribution is -2.33. The minimum absolute atomic E-state index is 0.00642. The van der Waals surface area contributed by atoms with Crippen molar-refractivity contribution in [3.8, 4) is 0 Å². The van der Waals surface area contributed by atoms with E-state index in [-0.39, 0.29) is 11.9 Å². The number of carbonyl (C=O) groups is 1. The number of amides is 1. The van der Waals surface area contributed by atoms with Crippen LogP contribution in [-0.2, 0) is 11.3 Å². The summed E-state index contributed by atoms with van der Waals surface area (Å²) in [7, 11) is 1.64. The Kier molecular flexibility index (Phi) is 6.37. The molecule has 0 fully saturated rings. The van der Waals surface area contributed by atoms with E-state index in [1.807, 2.05) is 43.3 Å². The van der Waals surface area contributed by atoms with Crippen LogP contribution in [0, 0.1) is 13.8 Å². The number of ether oxygens (including phenoxy) is 1. The van der Waals surface area contributed by atoms with E-state index >= 15 is 0 Å². The fourth-order valence-corrected chi connectivity index (χ4v) is 3.69. The van der Waals surface area contributed by atoms with Crippen LogP contribution in [0.1, 0.15) is 46.0 Å². The Morgan fingerprint density at radius 2 is 1.93 bits per heavy atom. The lowest BCUT2D eigenvalue weighted by Gasteiger charge is -2.22. The van der Waals surface area contributed by atoms with Gasteiger partial charge in [0, 0.05) is 25.0 Å². The van der Waals surface area contributed by atoms with Crippen molar-refractivity contribution in [2.45, 2.75) is 33.4 Å². The van der Waals surface area contributed by atoms with Gasteiger partial charge in [-0.15, -0.1) is 0 Å². The molecule has 0 bridgehead atoms. The van der Waals surface area contributed by atoms with Gasteiger partial charge in [0.05, 0.1) is 31.0 Å². The van der Waals surface area contributed by atoms with Crippen molar-refractivity contribution < 1.29 is 13.9 Å². The van der Waals surface area contributed by atoms with Gasteiger partial charge in [-0.25, -0.2) is 0 Å². The van der Waals surface area contributed by atoms with Crippen LogP contribution < -0.4 is 0 Å². The van der Waals surface area contributed by atoms with Crippen molar-refractivity contribution in [2.24, 2.45) is 0 Å². The van der Waals surface area contributed by atoms with Crippen LogP contribution in [0.25, 0.3) is 0 Å². The molecule has 1 atom stereocenters. The van der Waals surface area contributed by atoms with Crippen LogP contribution in [0.5, 0.6) is 0 Å². The minimum atomic E-state index is -0.00642. The molecule has 3 aromatic rings. The lowest BCUT2D eigenvalue weighted by atomic mass is 10.1. The molecule has 0 saturated heterocycles. The van der Waals surface area contributed by atoms with Crippen molar-refractivity contribution in [3.63, 3.8) is 0 Å². The van der Waals surface area contributed by atoms with E-state index in [4.69, 9.17) is 9.15 Å². The van der Waals surface area contributed by atoms with Crippen LogP contribution in [0.2, 0.25) is 0 Å². The highest BCUT2D eigenvalue weighted by Crippen LogP contribution is 2.26. The second-order valence-electron chi connectivity index (χ2n) is 7.04. The molecule has 1 unspecified atom stereocenters. The summed E-state index contributed by atoms with van der Waals surface area (Å²) in [5.74, 6) is 0.754. The first-order chi connectivity index (χ1) is 13.5. The summed E-state index contributed by atoms with van der Waals surface area (Å²) >= 11 is 0. The van der Waals surface area contributed by atoms with Crippen LogP contribution in [0.3, 0.4) is 0 Å². The number of nitrogens with zero attached hydrogens (tertiary/aromatic N) is 2. The fourth-order valence-electron chi connectivity index (χ4n) is 3.69. The molecule has 5 nitrogen and oxygen atoms in total. The number of benzene rings is 1. The summed E-state index contributed by atoms with van der Waals surface area (Å²) < 4.78 is 12.9. The zero-order valence-electron chi connectivity index (χ0n) is 17.0. The largest absolute Gasteiger partial charge is 0.467 e. The third-order valence-corrected chi connectivity index (χ3v) is 5.16. The van der Waals surface area contributed by atoms with Crippen molar-refractivity contribution in [3.05, 3.63) is 83.1 Å². The van der Waals surface area contributed by atoms with Crippen molar-refractivity contribution in [2.75, 3.05) is 20.3 Å². The monoisotopic (exact) mass is 380 g/mol. The quantitative estimate of drug-likeness (QED) is 0.574. The van der Waals surface area contributed by atoms with Crippen LogP contribution in [0.4, 0.5) is 0 Å². The molecular formula is C23H28N2O3. The molecule has 0 radical (unpaired) electrons. The smallest absolute Gasteiger partial charge is 0.256 e. The van der Waals surface area contributed by atoms with Crippen molar-refractivity contribution in [1.82, 2.24) is 9.47 Å². The van der Waals surface area contributed by atoms with Crippen LogP contribution in [-0.4, -0.2) is 35.6 Å². The van der Waals surface area contributed by atoms with Gasteiger partial charge in [0.15, 0.2) is 0 Å². The van der Waals surface area contributed by atoms with Crippen LogP contribution >= 0.6 is 0 Å². The maximum absolute atomic E-state index is 13.3. The maximum Gasteiger partial charge on any atom is 0.256 e. The average molecular weight is 380 g/mol. The van der Waals surface area contributed by atoms with E-state index in [0.29, 0.717) is 19.7 Å². The maximum atomic E-state index is 13.3. The first-order valence-electron chi connectivity index (χ1n) is 9.57. The Morgan fingerprint density at radius 1 is 1.18 bits per heavy atom. The number of furan rings is 1. The molecular weight excluding hydrogens is 352 g/mol. The molecule has 0 aliphatic heterocycles. The second-order valence-corrected chi connectivity index (χ2v) is 7.04. The van der Waals surface area contributed by atoms with Gasteiger partial charge < -0.3 is 18.6 Å². The molecule has 28 heavy (non-hydrogen) atoms. The van der Waals surface area contributed by atoms with E-state index in [1.54, 1.807) is 18.3 Å². The summed E-state index contributed by atoms with van der Waals surface area (Å²) in [5.41, 5.74) is 3.99. The standard InChI is InChI=1S/C23H28N2O3/c1-17-15-22(19(3)25(17)18(2)20-9-6-5-7-10-20)23(26)24(12-14-27-4)16-21-11-8-13-28-21/h5-11,13,15,18H,12,14,16H2,1-4H3. The zero-order chi connectivity index (χ0) is 20.1. The number of carbonyl (C=O) groups excluding carboxylic acids is 1. The van der Waals surface area contributed by atoms with E-state index in [1.165, 1.54) is 5.56 Å². The average Bonchev–Trinajstić information content (AvgIpc) is 3.32. The van der Waals surface area contributed by atoms with E-state index in [2.05, 4.69) is 30.5 Å². The van der Waals surface area contributed by atoms with Gasteiger partial charge in [0.1, 0.15) is 5.76 Å². The molecule has 5 heteroatoms. The molecule has 3 rings (SSSR count). The van der Waals surface area contributed by atoms with Crippen LogP contribution in [0.15, 0.2) is 59.2 Å². The Bertz CT molecular complexity index is 898. The van der Waals surface area contributed by atoms with Crippen molar-refractivity contribution in [1.29, 1.82) is 0 Å². The number of rotatable bonds is 8. The minimum Gasteiger partial charge on any atom is -0.467 e. The lowest BCUT2D eigenvalue weighted by molar-refractivity contribution is 0.0665. The Labute approximate surface area is 166 Å². The van der Waals surface area contributed by atoms with E-state index in [0.717, 1.165) is 22.7 Å². The number of hydrogen-bond acceptors (Lipinski definition) is 3. The summed E-state index contributed by atoms with van der Waals surface area (Å²) in [4.78, 5) is 15.1. The third kappa shape index (κ3) is 4.20. The molecule has 0 aliphatic carbocycles. The highest BCUT2D eigenvalue weighted by molar-refractivity contribution is 5.95. The Balaban J connectivity index is 1.90. The normalized spacial score (nSPS) is 12.1. The number of methoxy groups -OCH3 is 1. The van der Waals surface area contributed by atoms with Gasteiger partial charge in [-0.1, -0.05) is 30.3 Å². The molecule has 1 aromatic carbocycles. The summed E-state index contributed by atoms with van der Waals surface area (Å²) in [6.07, 6.45) is 1.63. The van der Waals surface area contributed by atoms with Gasteiger partial charge >= 0.3 is 0 Å². The molecule has 0 aliphatic rings. The second kappa shape index (κ2) is 8.93. The summed E-state index contributed by atoms with van der Waals surface area (Å²) in [5, 5.41) is 0. The van der Waals surface area contributed by atoms with Gasteiger partial charge in [0.25, 0.3) is 5.91 Å². The highest BCUT2D eigenvalue weighted by Gasteiger charge is 2.24. The van der Waals surface area contributed by atoms with Gasteiger partial charge in [-0.05, 0) is 44.5 Å². The Hall–Kier alpha value is -2.79. The van der Waals surface area contributed by atoms with E-state index in [9.17, 15) is 4.79 Å². The summed E-state index contributed by atoms with van der Waals surface area (Å²) in [6.45, 7) is 7.64. The fraction of sp³-hybridized carbons (Fsp3) is 0.348. The first-order valence-corrected chi connectivity index (χ1v) is 9.57. The molecule has 2 aromatic heterocycles. The Morgan fingerprint density at radius 3 is 2.57 bits per heavy atom. The number of aromatic nitrogens is 1. The molecule has 148 valence electrons. The topological polar surface area (TPSA) is 47.6 Å². The summed E-state index contributed by atoms with van der Waals surface area (Å²) in [6, 6.07) is 16.2. The third-order valence-electron chi connectivity index (χ3n) is 5.16. The molecule has 0 spiro atoms. The SMILES string of the molecule is COCCN(Cc1ccco1)C(=O)c1cc(C)n(C(C)c2ccccc2)c1C. The predicted octanol–water partition coefficient (Wildman–Crippen LogP) is 4.60. The van der Waals surface area contributed by atoms with Gasteiger partial charge in [0.2, 0.25) is 0 Å². The molecule has 2 heterocycles. The number of hydrogen-bond donors (Lipinski definition) is 0. The van der Waals surface area contributed by atoms with Gasteiger partial charge in [-0.3, -0.25) is 4.79 Å². The van der Waals surface area contributed by atoms with Crippen molar-refractivity contribution >= 4 is 5.91 Å². The predicted molar refractivity (Wildman–Crippen MR) is 109 cm³/mol. The van der Waals surface area contributed by atoms with Gasteiger partial charge in [-0.2, -0.15) is 0 Å². The first kappa shape index (κ1) is 20.0. The number of aryl methyl sites for hydroxylation is 1. The molecule has 0 saturated carbocycles. The highest BCUT2D eigenvalue weighted by atomic mass is 16.5.